The Hall–Kier alpha value is -0.0400. The molecule has 0 aromatic rings. The van der Waals surface area contributed by atoms with Crippen LogP contribution in [0, 0.1) is 0 Å². The largest absolute Gasteiger partial charge is 0.301 e. The molecule has 1 aliphatic rings. The Kier molecular flexibility index (Phi) is 1.80. The van der Waals surface area contributed by atoms with Gasteiger partial charge in [0.1, 0.15) is 0 Å². The van der Waals surface area contributed by atoms with Crippen LogP contribution < -0.4 is 0 Å². The smallest absolute Gasteiger partial charge is 0.0176 e. The molecule has 1 aliphatic heterocycles. The Morgan fingerprint density at radius 1 is 1.56 bits per heavy atom. The molecule has 1 rings (SSSR count). The molecular formula is C8H17N. The molecule has 1 saturated heterocycles. The van der Waals surface area contributed by atoms with Crippen molar-refractivity contribution < 1.29 is 0 Å². The molecule has 1 heterocycles. The molecule has 1 fully saturated rings. The van der Waals surface area contributed by atoms with E-state index >= 15 is 0 Å². The van der Waals surface area contributed by atoms with Crippen LogP contribution in [0.5, 0.6) is 0 Å². The number of hydrogen-bond donors (Lipinski definition) is 0. The van der Waals surface area contributed by atoms with Crippen molar-refractivity contribution in [2.75, 3.05) is 13.6 Å². The summed E-state index contributed by atoms with van der Waals surface area (Å²) in [7, 11) is 2.23. The maximum atomic E-state index is 2.48. The monoisotopic (exact) mass is 127 g/mol. The summed E-state index contributed by atoms with van der Waals surface area (Å²) >= 11 is 0. The van der Waals surface area contributed by atoms with E-state index in [9.17, 15) is 0 Å². The summed E-state index contributed by atoms with van der Waals surface area (Å²) in [4.78, 5) is 2.48. The van der Waals surface area contributed by atoms with E-state index in [-0.39, 0.29) is 0 Å². The molecule has 1 unspecified atom stereocenters. The number of nitrogens with zero attached hydrogens (tertiary/aromatic N) is 1. The van der Waals surface area contributed by atoms with E-state index in [2.05, 4.69) is 25.8 Å². The summed E-state index contributed by atoms with van der Waals surface area (Å²) in [6.45, 7) is 5.94. The highest BCUT2D eigenvalue weighted by atomic mass is 15.2. The van der Waals surface area contributed by atoms with Gasteiger partial charge in [0.2, 0.25) is 0 Å². The van der Waals surface area contributed by atoms with Gasteiger partial charge < -0.3 is 4.90 Å². The Bertz CT molecular complexity index is 101. The molecule has 0 radical (unpaired) electrons. The third-order valence-corrected chi connectivity index (χ3v) is 2.89. The van der Waals surface area contributed by atoms with Gasteiger partial charge in [-0.2, -0.15) is 0 Å². The highest BCUT2D eigenvalue weighted by molar-refractivity contribution is 4.88. The summed E-state index contributed by atoms with van der Waals surface area (Å²) in [5.41, 5.74) is 0.528. The second-order valence-electron chi connectivity index (χ2n) is 3.38. The second-order valence-corrected chi connectivity index (χ2v) is 3.38. The predicted molar refractivity (Wildman–Crippen MR) is 40.6 cm³/mol. The third-order valence-electron chi connectivity index (χ3n) is 2.89. The van der Waals surface area contributed by atoms with Crippen molar-refractivity contribution in [3.05, 3.63) is 0 Å². The third kappa shape index (κ3) is 1.11. The minimum atomic E-state index is 0.528. The molecule has 0 amide bonds. The van der Waals surface area contributed by atoms with Crippen molar-refractivity contribution in [3.8, 4) is 0 Å². The Labute approximate surface area is 58.0 Å². The van der Waals surface area contributed by atoms with Crippen LogP contribution in [-0.2, 0) is 0 Å². The lowest BCUT2D eigenvalue weighted by Crippen LogP contribution is -2.36. The zero-order valence-corrected chi connectivity index (χ0v) is 6.78. The number of likely N-dealkylation sites (tertiary alicyclic amines) is 1. The minimum Gasteiger partial charge on any atom is -0.301 e. The van der Waals surface area contributed by atoms with Crippen molar-refractivity contribution in [1.82, 2.24) is 4.90 Å². The summed E-state index contributed by atoms with van der Waals surface area (Å²) < 4.78 is 0. The first kappa shape index (κ1) is 7.07. The quantitative estimate of drug-likeness (QED) is 0.520. The van der Waals surface area contributed by atoms with E-state index in [1.807, 2.05) is 0 Å². The van der Waals surface area contributed by atoms with E-state index in [1.165, 1.54) is 25.8 Å². The first-order chi connectivity index (χ1) is 4.19. The molecule has 0 aromatic heterocycles. The molecule has 9 heavy (non-hydrogen) atoms. The summed E-state index contributed by atoms with van der Waals surface area (Å²) in [5.74, 6) is 0. The van der Waals surface area contributed by atoms with Crippen molar-refractivity contribution in [3.63, 3.8) is 0 Å². The molecule has 0 saturated carbocycles. The van der Waals surface area contributed by atoms with Crippen molar-refractivity contribution in [2.45, 2.75) is 38.6 Å². The van der Waals surface area contributed by atoms with E-state index in [4.69, 9.17) is 0 Å². The fourth-order valence-corrected chi connectivity index (χ4v) is 1.60. The summed E-state index contributed by atoms with van der Waals surface area (Å²) in [6, 6.07) is 0. The van der Waals surface area contributed by atoms with Gasteiger partial charge in [-0.25, -0.2) is 0 Å². The highest BCUT2D eigenvalue weighted by Crippen LogP contribution is 2.29. The van der Waals surface area contributed by atoms with Gasteiger partial charge in [-0.15, -0.1) is 0 Å². The molecule has 0 spiro atoms. The van der Waals surface area contributed by atoms with Crippen molar-refractivity contribution in [2.24, 2.45) is 0 Å². The summed E-state index contributed by atoms with van der Waals surface area (Å²) in [6.07, 6.45) is 4.07. The molecule has 1 nitrogen and oxygen atoms in total. The molecule has 1 atom stereocenters. The van der Waals surface area contributed by atoms with Crippen LogP contribution in [0.4, 0.5) is 0 Å². The maximum Gasteiger partial charge on any atom is 0.0176 e. The molecular weight excluding hydrogens is 110 g/mol. The number of rotatable bonds is 1. The fraction of sp³-hybridized carbons (Fsp3) is 1.00. The fourth-order valence-electron chi connectivity index (χ4n) is 1.60. The normalized spacial score (nSPS) is 37.7. The molecule has 0 aromatic carbocycles. The van der Waals surface area contributed by atoms with Gasteiger partial charge in [-0.05, 0) is 39.8 Å². The SMILES string of the molecule is CCC1(C)CCCN1C. The molecule has 0 bridgehead atoms. The van der Waals surface area contributed by atoms with E-state index in [0.717, 1.165) is 0 Å². The van der Waals surface area contributed by atoms with Gasteiger partial charge in [-0.1, -0.05) is 6.92 Å². The van der Waals surface area contributed by atoms with Crippen LogP contribution in [0.2, 0.25) is 0 Å². The van der Waals surface area contributed by atoms with Crippen LogP contribution in [0.1, 0.15) is 33.1 Å². The lowest BCUT2D eigenvalue weighted by atomic mass is 9.96. The predicted octanol–water partition coefficient (Wildman–Crippen LogP) is 1.88. The maximum absolute atomic E-state index is 2.48. The van der Waals surface area contributed by atoms with Crippen LogP contribution in [-0.4, -0.2) is 24.0 Å². The molecule has 1 heteroatoms. The van der Waals surface area contributed by atoms with Gasteiger partial charge in [0, 0.05) is 5.54 Å². The highest BCUT2D eigenvalue weighted by Gasteiger charge is 2.31. The van der Waals surface area contributed by atoms with Gasteiger partial charge in [0.25, 0.3) is 0 Å². The van der Waals surface area contributed by atoms with Gasteiger partial charge in [0.15, 0.2) is 0 Å². The Morgan fingerprint density at radius 3 is 2.44 bits per heavy atom. The topological polar surface area (TPSA) is 3.24 Å². The van der Waals surface area contributed by atoms with E-state index in [1.54, 1.807) is 0 Å². The van der Waals surface area contributed by atoms with Gasteiger partial charge in [0.05, 0.1) is 0 Å². The average molecular weight is 127 g/mol. The van der Waals surface area contributed by atoms with Gasteiger partial charge >= 0.3 is 0 Å². The van der Waals surface area contributed by atoms with Gasteiger partial charge in [-0.3, -0.25) is 0 Å². The second kappa shape index (κ2) is 2.30. The standard InChI is InChI=1S/C8H17N/c1-4-8(2)6-5-7-9(8)3/h4-7H2,1-3H3. The first-order valence-electron chi connectivity index (χ1n) is 3.90. The van der Waals surface area contributed by atoms with Crippen molar-refractivity contribution in [1.29, 1.82) is 0 Å². The number of hydrogen-bond acceptors (Lipinski definition) is 1. The van der Waals surface area contributed by atoms with Crippen LogP contribution >= 0.6 is 0 Å². The zero-order valence-electron chi connectivity index (χ0n) is 6.78. The van der Waals surface area contributed by atoms with Crippen LogP contribution in [0.15, 0.2) is 0 Å². The van der Waals surface area contributed by atoms with E-state index < -0.39 is 0 Å². The van der Waals surface area contributed by atoms with Crippen LogP contribution in [0.25, 0.3) is 0 Å². The average Bonchev–Trinajstić information content (AvgIpc) is 2.15. The molecule has 54 valence electrons. The first-order valence-corrected chi connectivity index (χ1v) is 3.90. The van der Waals surface area contributed by atoms with E-state index in [0.29, 0.717) is 5.54 Å². The lowest BCUT2D eigenvalue weighted by molar-refractivity contribution is 0.189. The summed E-state index contributed by atoms with van der Waals surface area (Å²) in [5, 5.41) is 0. The Balaban J connectivity index is 2.56. The Morgan fingerprint density at radius 2 is 2.22 bits per heavy atom. The molecule has 0 aliphatic carbocycles. The minimum absolute atomic E-state index is 0.528. The molecule has 0 N–H and O–H groups in total. The van der Waals surface area contributed by atoms with Crippen molar-refractivity contribution >= 4 is 0 Å². The zero-order chi connectivity index (χ0) is 6.91. The van der Waals surface area contributed by atoms with Crippen LogP contribution in [0.3, 0.4) is 0 Å². The lowest BCUT2D eigenvalue weighted by Gasteiger charge is -2.30.